The average molecular weight is 427 g/mol. The highest BCUT2D eigenvalue weighted by Gasteiger charge is 2.37. The third-order valence-electron chi connectivity index (χ3n) is 8.25. The van der Waals surface area contributed by atoms with E-state index in [2.05, 4.69) is 82.2 Å². The minimum absolute atomic E-state index is 0.156. The second kappa shape index (κ2) is 8.78. The van der Waals surface area contributed by atoms with Crippen molar-refractivity contribution in [3.05, 3.63) is 59.3 Å². The Morgan fingerprint density at radius 1 is 1.19 bits per heavy atom. The highest BCUT2D eigenvalue weighted by Crippen LogP contribution is 2.50. The number of aromatic nitrogens is 1. The zero-order chi connectivity index (χ0) is 23.0. The molecule has 2 aliphatic rings. The van der Waals surface area contributed by atoms with E-state index in [4.69, 9.17) is 0 Å². The van der Waals surface area contributed by atoms with E-state index in [0.717, 1.165) is 18.4 Å². The maximum Gasteiger partial charge on any atom is 0.0991 e. The van der Waals surface area contributed by atoms with Crippen molar-refractivity contribution < 1.29 is 0 Å². The highest BCUT2D eigenvalue weighted by molar-refractivity contribution is 5.98. The van der Waals surface area contributed by atoms with Crippen LogP contribution in [0, 0.1) is 16.7 Å². The molecule has 0 spiro atoms. The molecule has 4 rings (SSSR count). The Labute approximate surface area is 194 Å². The van der Waals surface area contributed by atoms with Crippen LogP contribution in [0.4, 0.5) is 0 Å². The predicted octanol–water partition coefficient (Wildman–Crippen LogP) is 8.74. The van der Waals surface area contributed by atoms with Crippen molar-refractivity contribution in [3.63, 3.8) is 0 Å². The summed E-state index contributed by atoms with van der Waals surface area (Å²) >= 11 is 0. The van der Waals surface area contributed by atoms with Crippen molar-refractivity contribution in [2.45, 2.75) is 91.5 Å². The zero-order valence-electron chi connectivity index (χ0n) is 20.6. The summed E-state index contributed by atoms with van der Waals surface area (Å²) in [7, 11) is 0. The predicted molar refractivity (Wildman–Crippen MR) is 138 cm³/mol. The van der Waals surface area contributed by atoms with Crippen LogP contribution in [-0.2, 0) is 6.42 Å². The van der Waals surface area contributed by atoms with Gasteiger partial charge in [-0.3, -0.25) is 0 Å². The van der Waals surface area contributed by atoms with Gasteiger partial charge in [-0.2, -0.15) is 5.26 Å². The van der Waals surface area contributed by atoms with E-state index in [-0.39, 0.29) is 5.41 Å². The molecule has 2 heterocycles. The minimum Gasteiger partial charge on any atom is -0.337 e. The molecular weight excluding hydrogens is 388 g/mol. The molecule has 0 N–H and O–H groups in total. The first-order chi connectivity index (χ1) is 15.4. The normalized spacial score (nSPS) is 21.6. The molecule has 168 valence electrons. The maximum absolute atomic E-state index is 9.68. The van der Waals surface area contributed by atoms with Crippen molar-refractivity contribution in [1.82, 2.24) is 4.57 Å². The van der Waals surface area contributed by atoms with Gasteiger partial charge in [0, 0.05) is 11.4 Å². The van der Waals surface area contributed by atoms with E-state index in [0.29, 0.717) is 17.5 Å². The van der Waals surface area contributed by atoms with Crippen molar-refractivity contribution >= 4 is 22.0 Å². The van der Waals surface area contributed by atoms with Crippen molar-refractivity contribution in [1.29, 1.82) is 5.26 Å². The van der Waals surface area contributed by atoms with Crippen LogP contribution in [0.5, 0.6) is 0 Å². The average Bonchev–Trinajstić information content (AvgIpc) is 3.10. The molecule has 1 aromatic heterocycles. The fourth-order valence-electron chi connectivity index (χ4n) is 6.08. The molecule has 32 heavy (non-hydrogen) atoms. The van der Waals surface area contributed by atoms with Gasteiger partial charge in [0.1, 0.15) is 0 Å². The van der Waals surface area contributed by atoms with E-state index < -0.39 is 0 Å². The van der Waals surface area contributed by atoms with Gasteiger partial charge in [-0.1, -0.05) is 70.0 Å². The number of rotatable bonds is 4. The van der Waals surface area contributed by atoms with Crippen LogP contribution >= 0.6 is 0 Å². The molecule has 2 heteroatoms. The zero-order valence-corrected chi connectivity index (χ0v) is 20.6. The maximum atomic E-state index is 9.68. The quantitative estimate of drug-likeness (QED) is 0.355. The molecule has 1 aromatic carbocycles. The van der Waals surface area contributed by atoms with Gasteiger partial charge in [0.2, 0.25) is 0 Å². The first-order valence-corrected chi connectivity index (χ1v) is 12.4. The van der Waals surface area contributed by atoms with E-state index in [1.54, 1.807) is 5.56 Å². The molecule has 1 aliphatic carbocycles. The van der Waals surface area contributed by atoms with Gasteiger partial charge in [-0.25, -0.2) is 0 Å². The largest absolute Gasteiger partial charge is 0.337 e. The van der Waals surface area contributed by atoms with Crippen molar-refractivity contribution in [2.75, 3.05) is 0 Å². The summed E-state index contributed by atoms with van der Waals surface area (Å²) < 4.78 is 2.66. The monoisotopic (exact) mass is 426 g/mol. The molecular formula is C30H38N2. The molecule has 1 atom stereocenters. The molecule has 0 saturated heterocycles. The molecule has 0 radical (unpaired) electrons. The highest BCUT2D eigenvalue weighted by atomic mass is 15.0. The molecule has 0 bridgehead atoms. The summed E-state index contributed by atoms with van der Waals surface area (Å²) in [6.45, 7) is 15.6. The molecule has 2 nitrogen and oxygen atoms in total. The van der Waals surface area contributed by atoms with Crippen LogP contribution in [0.15, 0.2) is 36.9 Å². The number of hydrogen-bond acceptors (Lipinski definition) is 1. The SMILES string of the molecule is C=C(C#N)c1ccc2c(C3CCCCC3)c(C(/C=C\C)=C/C)n3c2c1CCC(C)(C)C3C. The Morgan fingerprint density at radius 2 is 1.91 bits per heavy atom. The fourth-order valence-corrected chi connectivity index (χ4v) is 6.08. The fraction of sp³-hybridized carbons (Fsp3) is 0.500. The van der Waals surface area contributed by atoms with Gasteiger partial charge in [0.25, 0.3) is 0 Å². The third-order valence-corrected chi connectivity index (χ3v) is 8.25. The van der Waals surface area contributed by atoms with Crippen LogP contribution in [0.2, 0.25) is 0 Å². The van der Waals surface area contributed by atoms with Gasteiger partial charge in [-0.05, 0) is 80.1 Å². The molecule has 1 unspecified atom stereocenters. The van der Waals surface area contributed by atoms with Gasteiger partial charge < -0.3 is 4.57 Å². The number of nitriles is 1. The van der Waals surface area contributed by atoms with Crippen molar-refractivity contribution in [3.8, 4) is 6.07 Å². The van der Waals surface area contributed by atoms with Crippen molar-refractivity contribution in [2.24, 2.45) is 5.41 Å². The van der Waals surface area contributed by atoms with Gasteiger partial charge in [0.05, 0.1) is 22.9 Å². The van der Waals surface area contributed by atoms with Crippen LogP contribution in [0.3, 0.4) is 0 Å². The van der Waals surface area contributed by atoms with Crippen LogP contribution in [-0.4, -0.2) is 4.57 Å². The van der Waals surface area contributed by atoms with Gasteiger partial charge in [-0.15, -0.1) is 0 Å². The lowest BCUT2D eigenvalue weighted by molar-refractivity contribution is 0.224. The summed E-state index contributed by atoms with van der Waals surface area (Å²) in [5.74, 6) is 0.607. The third kappa shape index (κ3) is 3.57. The molecule has 1 fully saturated rings. The summed E-state index contributed by atoms with van der Waals surface area (Å²) in [5, 5.41) is 11.1. The van der Waals surface area contributed by atoms with E-state index >= 15 is 0 Å². The smallest absolute Gasteiger partial charge is 0.0991 e. The van der Waals surface area contributed by atoms with E-state index in [1.807, 2.05) is 0 Å². The van der Waals surface area contributed by atoms with Gasteiger partial charge in [0.15, 0.2) is 0 Å². The van der Waals surface area contributed by atoms with E-state index in [9.17, 15) is 5.26 Å². The topological polar surface area (TPSA) is 28.7 Å². The molecule has 1 aliphatic heterocycles. The first-order valence-electron chi connectivity index (χ1n) is 12.4. The molecule has 0 amide bonds. The van der Waals surface area contributed by atoms with Gasteiger partial charge >= 0.3 is 0 Å². The number of nitrogens with zero attached hydrogens (tertiary/aromatic N) is 2. The molecule has 1 saturated carbocycles. The lowest BCUT2D eigenvalue weighted by Gasteiger charge is -2.34. The number of allylic oxidation sites excluding steroid dienone is 5. The summed E-state index contributed by atoms with van der Waals surface area (Å²) in [5.41, 5.74) is 8.74. The number of hydrogen-bond donors (Lipinski definition) is 0. The van der Waals surface area contributed by atoms with E-state index in [1.165, 1.54) is 59.8 Å². The van der Waals surface area contributed by atoms with Crippen LogP contribution in [0.25, 0.3) is 22.0 Å². The lowest BCUT2D eigenvalue weighted by atomic mass is 9.78. The second-order valence-electron chi connectivity index (χ2n) is 10.5. The Morgan fingerprint density at radius 3 is 2.53 bits per heavy atom. The standard InChI is InChI=1S/C30H38N2/c1-7-12-22(8-2)28-27(23-13-10-9-11-14-23)26-16-15-24(20(3)19-31)25-17-18-30(5,6)21(4)32(28)29(25)26/h7-8,12,15-16,21,23H,3,9-11,13-14,17-18H2,1-2,4-6H3/b12-7-,22-8+. The second-order valence-corrected chi connectivity index (χ2v) is 10.5. The minimum atomic E-state index is 0.156. The number of benzene rings is 1. The Bertz CT molecular complexity index is 1140. The Balaban J connectivity index is 2.17. The molecule has 2 aromatic rings. The van der Waals surface area contributed by atoms with Crippen LogP contribution in [0.1, 0.15) is 107 Å². The summed E-state index contributed by atoms with van der Waals surface area (Å²) in [6.07, 6.45) is 15.4. The Kier molecular flexibility index (Phi) is 6.22. The first kappa shape index (κ1) is 22.7. The van der Waals surface area contributed by atoms with Crippen LogP contribution < -0.4 is 0 Å². The Hall–Kier alpha value is -2.53. The summed E-state index contributed by atoms with van der Waals surface area (Å²) in [6, 6.07) is 7.17. The summed E-state index contributed by atoms with van der Waals surface area (Å²) in [4.78, 5) is 0. The lowest BCUT2D eigenvalue weighted by Crippen LogP contribution is -2.25. The number of aryl methyl sites for hydroxylation is 1.